The van der Waals surface area contributed by atoms with E-state index in [4.69, 9.17) is 19.9 Å². The summed E-state index contributed by atoms with van der Waals surface area (Å²) in [6.45, 7) is 1.91. The molecule has 0 radical (unpaired) electrons. The zero-order chi connectivity index (χ0) is 13.8. The first-order valence-electron chi connectivity index (χ1n) is 5.63. The molecule has 0 aliphatic carbocycles. The molecule has 2 N–H and O–H groups in total. The molecule has 1 heterocycles. The molecule has 0 aliphatic rings. The van der Waals surface area contributed by atoms with E-state index in [0.29, 0.717) is 23.2 Å². The molecule has 1 aromatic heterocycles. The second-order valence-electron chi connectivity index (χ2n) is 3.86. The number of aryl methyl sites for hydroxylation is 1. The number of benzene rings is 1. The van der Waals surface area contributed by atoms with Crippen molar-refractivity contribution >= 4 is 5.69 Å². The van der Waals surface area contributed by atoms with Gasteiger partial charge in [-0.3, -0.25) is 0 Å². The second-order valence-corrected chi connectivity index (χ2v) is 3.86. The molecule has 2 aromatic rings. The maximum Gasteiger partial charge on any atom is 0.328 e. The first kappa shape index (κ1) is 12.9. The molecule has 6 nitrogen and oxygen atoms in total. The van der Waals surface area contributed by atoms with Crippen LogP contribution >= 0.6 is 0 Å². The van der Waals surface area contributed by atoms with Crippen molar-refractivity contribution in [3.63, 3.8) is 0 Å². The van der Waals surface area contributed by atoms with Crippen LogP contribution in [-0.2, 0) is 0 Å². The van der Waals surface area contributed by atoms with Crippen LogP contribution in [0, 0.1) is 6.92 Å². The highest BCUT2D eigenvalue weighted by molar-refractivity contribution is 5.48. The minimum Gasteiger partial charge on any atom is -0.481 e. The highest BCUT2D eigenvalue weighted by Gasteiger charge is 2.09. The Morgan fingerprint density at radius 3 is 2.21 bits per heavy atom. The molecule has 1 aromatic carbocycles. The van der Waals surface area contributed by atoms with Gasteiger partial charge in [-0.15, -0.1) is 0 Å². The van der Waals surface area contributed by atoms with Crippen LogP contribution in [0.1, 0.15) is 5.56 Å². The second kappa shape index (κ2) is 5.43. The number of ether oxygens (including phenoxy) is 3. The number of nitrogen functional groups attached to an aromatic ring is 1. The van der Waals surface area contributed by atoms with E-state index in [9.17, 15) is 0 Å². The number of nitrogens with two attached hydrogens (primary N) is 1. The number of rotatable bonds is 4. The van der Waals surface area contributed by atoms with Crippen molar-refractivity contribution in [2.45, 2.75) is 6.92 Å². The molecule has 0 spiro atoms. The van der Waals surface area contributed by atoms with Crippen molar-refractivity contribution in [1.82, 2.24) is 9.97 Å². The highest BCUT2D eigenvalue weighted by Crippen LogP contribution is 2.27. The van der Waals surface area contributed by atoms with Crippen molar-refractivity contribution in [3.05, 3.63) is 29.8 Å². The molecule has 0 unspecified atom stereocenters. The van der Waals surface area contributed by atoms with Gasteiger partial charge in [0.15, 0.2) is 0 Å². The minimum absolute atomic E-state index is 0.143. The van der Waals surface area contributed by atoms with Gasteiger partial charge in [-0.2, -0.15) is 9.97 Å². The lowest BCUT2D eigenvalue weighted by molar-refractivity contribution is 0.347. The molecule has 0 aliphatic heterocycles. The minimum atomic E-state index is 0.143. The van der Waals surface area contributed by atoms with Crippen LogP contribution in [0.3, 0.4) is 0 Å². The van der Waals surface area contributed by atoms with Gasteiger partial charge in [0, 0.05) is 11.8 Å². The molecule has 19 heavy (non-hydrogen) atoms. The fourth-order valence-corrected chi connectivity index (χ4v) is 1.46. The predicted molar refractivity (Wildman–Crippen MR) is 70.8 cm³/mol. The molecule has 0 saturated heterocycles. The van der Waals surface area contributed by atoms with Gasteiger partial charge in [0.25, 0.3) is 0 Å². The van der Waals surface area contributed by atoms with Gasteiger partial charge in [0.1, 0.15) is 5.75 Å². The first-order valence-corrected chi connectivity index (χ1v) is 5.63. The Labute approximate surface area is 111 Å². The smallest absolute Gasteiger partial charge is 0.328 e. The number of aromatic nitrogens is 2. The molecule has 2 rings (SSSR count). The molecule has 0 atom stereocenters. The van der Waals surface area contributed by atoms with Gasteiger partial charge in [-0.1, -0.05) is 6.07 Å². The molecular weight excluding hydrogens is 246 g/mol. The summed E-state index contributed by atoms with van der Waals surface area (Å²) in [5.74, 6) is 1.32. The normalized spacial score (nSPS) is 10.1. The number of hydrogen-bond donors (Lipinski definition) is 1. The third-order valence-corrected chi connectivity index (χ3v) is 2.49. The average Bonchev–Trinajstić information content (AvgIpc) is 2.42. The summed E-state index contributed by atoms with van der Waals surface area (Å²) in [6.07, 6.45) is 0. The number of hydrogen-bond acceptors (Lipinski definition) is 6. The molecular formula is C13H15N3O3. The lowest BCUT2D eigenvalue weighted by Gasteiger charge is -2.09. The van der Waals surface area contributed by atoms with Gasteiger partial charge < -0.3 is 19.9 Å². The van der Waals surface area contributed by atoms with Crippen LogP contribution in [0.15, 0.2) is 24.3 Å². The van der Waals surface area contributed by atoms with Crippen LogP contribution in [0.4, 0.5) is 5.69 Å². The highest BCUT2D eigenvalue weighted by atomic mass is 16.5. The van der Waals surface area contributed by atoms with E-state index in [1.807, 2.05) is 13.0 Å². The summed E-state index contributed by atoms with van der Waals surface area (Å²) in [7, 11) is 3.02. The summed E-state index contributed by atoms with van der Waals surface area (Å²) >= 11 is 0. The van der Waals surface area contributed by atoms with E-state index < -0.39 is 0 Å². The predicted octanol–water partition coefficient (Wildman–Crippen LogP) is 2.18. The summed E-state index contributed by atoms with van der Waals surface area (Å²) < 4.78 is 15.7. The van der Waals surface area contributed by atoms with Gasteiger partial charge in [-0.05, 0) is 18.6 Å². The zero-order valence-corrected chi connectivity index (χ0v) is 11.0. The summed E-state index contributed by atoms with van der Waals surface area (Å²) in [6, 6.07) is 7.09. The van der Waals surface area contributed by atoms with E-state index in [2.05, 4.69) is 9.97 Å². The van der Waals surface area contributed by atoms with Crippen LogP contribution in [0.25, 0.3) is 0 Å². The number of anilines is 1. The van der Waals surface area contributed by atoms with Crippen LogP contribution in [0.5, 0.6) is 23.5 Å². The molecule has 0 bridgehead atoms. The lowest BCUT2D eigenvalue weighted by atomic mass is 10.2. The Hall–Kier alpha value is -2.50. The standard InChI is InChI=1S/C13H15N3O3/c1-8-4-5-9(14)6-10(8)19-13-15-11(17-2)7-12(16-13)18-3/h4-7H,14H2,1-3H3. The fraction of sp³-hybridized carbons (Fsp3) is 0.231. The van der Waals surface area contributed by atoms with Gasteiger partial charge in [0.05, 0.1) is 20.3 Å². The largest absolute Gasteiger partial charge is 0.481 e. The topological polar surface area (TPSA) is 79.5 Å². The maximum atomic E-state index is 5.72. The zero-order valence-electron chi connectivity index (χ0n) is 11.0. The Balaban J connectivity index is 2.34. The van der Waals surface area contributed by atoms with Gasteiger partial charge in [0.2, 0.25) is 11.8 Å². The number of methoxy groups -OCH3 is 2. The van der Waals surface area contributed by atoms with E-state index >= 15 is 0 Å². The summed E-state index contributed by atoms with van der Waals surface area (Å²) in [4.78, 5) is 8.18. The maximum absolute atomic E-state index is 5.72. The summed E-state index contributed by atoms with van der Waals surface area (Å²) in [5, 5.41) is 0. The van der Waals surface area contributed by atoms with Crippen LogP contribution < -0.4 is 19.9 Å². The van der Waals surface area contributed by atoms with E-state index in [0.717, 1.165) is 5.56 Å². The molecule has 6 heteroatoms. The van der Waals surface area contributed by atoms with E-state index in [-0.39, 0.29) is 6.01 Å². The van der Waals surface area contributed by atoms with E-state index in [1.54, 1.807) is 18.2 Å². The Kier molecular flexibility index (Phi) is 3.70. The quantitative estimate of drug-likeness (QED) is 0.850. The molecule has 0 saturated carbocycles. The molecule has 0 fully saturated rings. The first-order chi connectivity index (χ1) is 9.12. The van der Waals surface area contributed by atoms with Crippen molar-refractivity contribution in [1.29, 1.82) is 0 Å². The lowest BCUT2D eigenvalue weighted by Crippen LogP contribution is -1.99. The Bertz CT molecular complexity index is 565. The third-order valence-electron chi connectivity index (χ3n) is 2.49. The molecule has 0 amide bonds. The van der Waals surface area contributed by atoms with Gasteiger partial charge in [-0.25, -0.2) is 0 Å². The van der Waals surface area contributed by atoms with E-state index in [1.165, 1.54) is 14.2 Å². The Morgan fingerprint density at radius 2 is 1.63 bits per heavy atom. The van der Waals surface area contributed by atoms with Crippen molar-refractivity contribution < 1.29 is 14.2 Å². The van der Waals surface area contributed by atoms with Crippen molar-refractivity contribution in [2.24, 2.45) is 0 Å². The van der Waals surface area contributed by atoms with Gasteiger partial charge >= 0.3 is 6.01 Å². The van der Waals surface area contributed by atoms with Crippen LogP contribution in [0.2, 0.25) is 0 Å². The summed E-state index contributed by atoms with van der Waals surface area (Å²) in [5.41, 5.74) is 7.26. The SMILES string of the molecule is COc1cc(OC)nc(Oc2cc(N)ccc2C)n1. The average molecular weight is 261 g/mol. The van der Waals surface area contributed by atoms with Crippen molar-refractivity contribution in [2.75, 3.05) is 20.0 Å². The fourth-order valence-electron chi connectivity index (χ4n) is 1.46. The van der Waals surface area contributed by atoms with Crippen molar-refractivity contribution in [3.8, 4) is 23.5 Å². The third kappa shape index (κ3) is 3.04. The van der Waals surface area contributed by atoms with Crippen LogP contribution in [-0.4, -0.2) is 24.2 Å². The number of nitrogens with zero attached hydrogens (tertiary/aromatic N) is 2. The molecule has 100 valence electrons. The Morgan fingerprint density at radius 1 is 1.00 bits per heavy atom. The monoisotopic (exact) mass is 261 g/mol.